The van der Waals surface area contributed by atoms with E-state index in [1.165, 1.54) is 0 Å². The topological polar surface area (TPSA) is 75.4 Å². The monoisotopic (exact) mass is 215 g/mol. The molecule has 1 saturated heterocycles. The zero-order chi connectivity index (χ0) is 11.8. The van der Waals surface area contributed by atoms with Crippen molar-refractivity contribution in [2.75, 3.05) is 20.1 Å². The van der Waals surface area contributed by atoms with Gasteiger partial charge in [-0.15, -0.1) is 0 Å². The molecule has 1 aliphatic heterocycles. The Labute approximate surface area is 91.0 Å². The lowest BCUT2D eigenvalue weighted by molar-refractivity contribution is -0.123. The summed E-state index contributed by atoms with van der Waals surface area (Å²) in [7, 11) is 1.58. The molecule has 1 atom stereocenters. The molecule has 0 aromatic heterocycles. The molecule has 3 amide bonds. The fourth-order valence-electron chi connectivity index (χ4n) is 1.55. The molecule has 0 aromatic carbocycles. The van der Waals surface area contributed by atoms with Crippen molar-refractivity contribution in [3.63, 3.8) is 0 Å². The Hall–Kier alpha value is -1.26. The van der Waals surface area contributed by atoms with Gasteiger partial charge in [0, 0.05) is 20.1 Å². The number of nitrogens with two attached hydrogens (primary N) is 1. The number of piperidine rings is 1. The number of hydrogen-bond donors (Lipinski definition) is 2. The number of urea groups is 1. The highest BCUT2D eigenvalue weighted by Crippen LogP contribution is 2.15. The van der Waals surface area contributed by atoms with Crippen LogP contribution in [0.25, 0.3) is 0 Å². The average molecular weight is 215 g/mol. The van der Waals surface area contributed by atoms with E-state index in [2.05, 4.69) is 5.32 Å². The van der Waals surface area contributed by atoms with Gasteiger partial charge in [0.1, 0.15) is 0 Å². The SMILES string of the molecule is CC.CNC(=O)N1CCCC(C(N)=O)C1. The molecule has 0 aromatic rings. The van der Waals surface area contributed by atoms with Crippen molar-refractivity contribution < 1.29 is 9.59 Å². The molecule has 1 rings (SSSR count). The third-order valence-electron chi connectivity index (χ3n) is 2.32. The minimum absolute atomic E-state index is 0.133. The summed E-state index contributed by atoms with van der Waals surface area (Å²) in [6.45, 7) is 5.17. The molecule has 0 saturated carbocycles. The maximum atomic E-state index is 11.2. The Kier molecular flexibility index (Phi) is 6.49. The number of hydrogen-bond acceptors (Lipinski definition) is 2. The standard InChI is InChI=1S/C8H15N3O2.C2H6/c1-10-8(13)11-4-2-3-6(5-11)7(9)12;1-2/h6H,2-5H2,1H3,(H2,9,12)(H,10,13);1-2H3. The van der Waals surface area contributed by atoms with Crippen LogP contribution in [0.2, 0.25) is 0 Å². The van der Waals surface area contributed by atoms with Crippen LogP contribution in [0.5, 0.6) is 0 Å². The molecule has 3 N–H and O–H groups in total. The Morgan fingerprint density at radius 1 is 1.40 bits per heavy atom. The maximum Gasteiger partial charge on any atom is 0.317 e. The lowest BCUT2D eigenvalue weighted by Crippen LogP contribution is -2.47. The van der Waals surface area contributed by atoms with Gasteiger partial charge in [-0.3, -0.25) is 4.79 Å². The van der Waals surface area contributed by atoms with Gasteiger partial charge in [-0.1, -0.05) is 13.8 Å². The fourth-order valence-corrected chi connectivity index (χ4v) is 1.55. The number of rotatable bonds is 1. The zero-order valence-corrected chi connectivity index (χ0v) is 9.75. The molecule has 1 fully saturated rings. The summed E-state index contributed by atoms with van der Waals surface area (Å²) in [4.78, 5) is 23.7. The number of nitrogens with zero attached hydrogens (tertiary/aromatic N) is 1. The van der Waals surface area contributed by atoms with E-state index >= 15 is 0 Å². The third kappa shape index (κ3) is 4.18. The summed E-state index contributed by atoms with van der Waals surface area (Å²) >= 11 is 0. The summed E-state index contributed by atoms with van der Waals surface area (Å²) in [5.41, 5.74) is 5.17. The Balaban J connectivity index is 0.000000921. The van der Waals surface area contributed by atoms with Crippen LogP contribution in [0, 0.1) is 5.92 Å². The molecule has 1 heterocycles. The molecular formula is C10H21N3O2. The lowest BCUT2D eigenvalue weighted by Gasteiger charge is -2.30. The van der Waals surface area contributed by atoms with Crippen molar-refractivity contribution in [1.29, 1.82) is 0 Å². The first kappa shape index (κ1) is 13.7. The van der Waals surface area contributed by atoms with E-state index in [-0.39, 0.29) is 17.9 Å². The Morgan fingerprint density at radius 3 is 2.47 bits per heavy atom. The van der Waals surface area contributed by atoms with Gasteiger partial charge >= 0.3 is 6.03 Å². The molecular weight excluding hydrogens is 194 g/mol. The minimum atomic E-state index is -0.311. The van der Waals surface area contributed by atoms with Crippen LogP contribution in [0.15, 0.2) is 0 Å². The highest BCUT2D eigenvalue weighted by atomic mass is 16.2. The lowest BCUT2D eigenvalue weighted by atomic mass is 9.98. The third-order valence-corrected chi connectivity index (χ3v) is 2.32. The smallest absolute Gasteiger partial charge is 0.317 e. The molecule has 0 radical (unpaired) electrons. The summed E-state index contributed by atoms with van der Waals surface area (Å²) in [5, 5.41) is 2.53. The van der Waals surface area contributed by atoms with E-state index in [1.807, 2.05) is 13.8 Å². The molecule has 15 heavy (non-hydrogen) atoms. The molecule has 0 spiro atoms. The second kappa shape index (κ2) is 7.09. The normalized spacial score (nSPS) is 19.9. The molecule has 5 nitrogen and oxygen atoms in total. The quantitative estimate of drug-likeness (QED) is 0.670. The van der Waals surface area contributed by atoms with Crippen LogP contribution in [0.4, 0.5) is 4.79 Å². The molecule has 5 heteroatoms. The number of primary amides is 1. The van der Waals surface area contributed by atoms with Gasteiger partial charge in [0.05, 0.1) is 5.92 Å². The molecule has 1 unspecified atom stereocenters. The van der Waals surface area contributed by atoms with E-state index in [0.717, 1.165) is 12.8 Å². The van der Waals surface area contributed by atoms with Gasteiger partial charge in [-0.25, -0.2) is 4.79 Å². The van der Waals surface area contributed by atoms with Gasteiger partial charge in [0.25, 0.3) is 0 Å². The van der Waals surface area contributed by atoms with Crippen molar-refractivity contribution in [1.82, 2.24) is 10.2 Å². The second-order valence-electron chi connectivity index (χ2n) is 3.24. The maximum absolute atomic E-state index is 11.2. The van der Waals surface area contributed by atoms with Crippen molar-refractivity contribution in [2.24, 2.45) is 11.7 Å². The first-order chi connectivity index (χ1) is 7.15. The van der Waals surface area contributed by atoms with Crippen LogP contribution in [-0.2, 0) is 4.79 Å². The number of amides is 3. The average Bonchev–Trinajstić information content (AvgIpc) is 2.30. The molecule has 0 aliphatic carbocycles. The van der Waals surface area contributed by atoms with E-state index < -0.39 is 0 Å². The number of carbonyl (C=O) groups excluding carboxylic acids is 2. The molecule has 1 aliphatic rings. The summed E-state index contributed by atoms with van der Waals surface area (Å²) < 4.78 is 0. The highest BCUT2D eigenvalue weighted by Gasteiger charge is 2.26. The molecule has 88 valence electrons. The fraction of sp³-hybridized carbons (Fsp3) is 0.800. The van der Waals surface area contributed by atoms with Crippen LogP contribution in [0.1, 0.15) is 26.7 Å². The first-order valence-electron chi connectivity index (χ1n) is 5.41. The first-order valence-corrected chi connectivity index (χ1v) is 5.41. The predicted octanol–water partition coefficient (Wildman–Crippen LogP) is 0.549. The van der Waals surface area contributed by atoms with Crippen molar-refractivity contribution >= 4 is 11.9 Å². The van der Waals surface area contributed by atoms with Crippen molar-refractivity contribution in [2.45, 2.75) is 26.7 Å². The van der Waals surface area contributed by atoms with Crippen LogP contribution < -0.4 is 11.1 Å². The van der Waals surface area contributed by atoms with Gasteiger partial charge in [0.15, 0.2) is 0 Å². The van der Waals surface area contributed by atoms with Gasteiger partial charge < -0.3 is 16.0 Å². The highest BCUT2D eigenvalue weighted by molar-refractivity contribution is 5.79. The van der Waals surface area contributed by atoms with Gasteiger partial charge in [0.2, 0.25) is 5.91 Å². The molecule has 0 bridgehead atoms. The number of nitrogens with one attached hydrogen (secondary N) is 1. The van der Waals surface area contributed by atoms with Crippen molar-refractivity contribution in [3.05, 3.63) is 0 Å². The second-order valence-corrected chi connectivity index (χ2v) is 3.24. The largest absolute Gasteiger partial charge is 0.369 e. The van der Waals surface area contributed by atoms with E-state index in [1.54, 1.807) is 11.9 Å². The van der Waals surface area contributed by atoms with E-state index in [0.29, 0.717) is 13.1 Å². The summed E-state index contributed by atoms with van der Waals surface area (Å²) in [6, 6.07) is -0.133. The Morgan fingerprint density at radius 2 is 2.00 bits per heavy atom. The van der Waals surface area contributed by atoms with E-state index in [4.69, 9.17) is 5.73 Å². The predicted molar refractivity (Wildman–Crippen MR) is 59.3 cm³/mol. The summed E-state index contributed by atoms with van der Waals surface area (Å²) in [6.07, 6.45) is 1.64. The minimum Gasteiger partial charge on any atom is -0.369 e. The van der Waals surface area contributed by atoms with Crippen LogP contribution >= 0.6 is 0 Å². The van der Waals surface area contributed by atoms with Gasteiger partial charge in [-0.05, 0) is 12.8 Å². The number of carbonyl (C=O) groups is 2. The summed E-state index contributed by atoms with van der Waals surface area (Å²) in [5.74, 6) is -0.486. The van der Waals surface area contributed by atoms with Gasteiger partial charge in [-0.2, -0.15) is 0 Å². The Bertz CT molecular complexity index is 219. The van der Waals surface area contributed by atoms with Crippen LogP contribution in [-0.4, -0.2) is 37.0 Å². The van der Waals surface area contributed by atoms with E-state index in [9.17, 15) is 9.59 Å². The van der Waals surface area contributed by atoms with Crippen molar-refractivity contribution in [3.8, 4) is 0 Å². The number of likely N-dealkylation sites (tertiary alicyclic amines) is 1. The van der Waals surface area contributed by atoms with Crippen LogP contribution in [0.3, 0.4) is 0 Å². The zero-order valence-electron chi connectivity index (χ0n) is 9.75.